The smallest absolute Gasteiger partial charge is 0.305 e. The highest BCUT2D eigenvalue weighted by atomic mass is 35.5. The maximum atomic E-state index is 11.7. The second-order valence-electron chi connectivity index (χ2n) is 10.8. The first kappa shape index (κ1) is 30.0. The number of benzene rings is 1. The first-order chi connectivity index (χ1) is 20.2. The molecule has 5 rings (SSSR count). The highest BCUT2D eigenvalue weighted by Gasteiger charge is 2.25. The molecule has 0 saturated carbocycles. The number of pyridine rings is 1. The van der Waals surface area contributed by atoms with Crippen LogP contribution in [0, 0.1) is 5.92 Å². The third-order valence-electron chi connectivity index (χ3n) is 7.53. The first-order valence-corrected chi connectivity index (χ1v) is 14.8. The average Bonchev–Trinajstić information content (AvgIpc) is 3.41. The van der Waals surface area contributed by atoms with Gasteiger partial charge < -0.3 is 19.7 Å². The zero-order valence-corrected chi connectivity index (χ0v) is 25.2. The lowest BCUT2D eigenvalue weighted by Crippen LogP contribution is -2.35. The van der Waals surface area contributed by atoms with Crippen LogP contribution in [0.5, 0.6) is 11.6 Å². The Morgan fingerprint density at radius 3 is 2.38 bits per heavy atom. The van der Waals surface area contributed by atoms with Crippen molar-refractivity contribution in [2.75, 3.05) is 38.2 Å². The molecule has 12 heteroatoms. The molecule has 0 spiro atoms. The molecule has 42 heavy (non-hydrogen) atoms. The maximum Gasteiger partial charge on any atom is 0.305 e. The van der Waals surface area contributed by atoms with Gasteiger partial charge in [0.2, 0.25) is 17.7 Å². The first-order valence-electron chi connectivity index (χ1n) is 14.0. The number of likely N-dealkylation sites (tertiary alicyclic amines) is 1. The molecule has 1 amide bonds. The van der Waals surface area contributed by atoms with Crippen LogP contribution in [-0.4, -0.2) is 71.1 Å². The average molecular weight is 614 g/mol. The van der Waals surface area contributed by atoms with Gasteiger partial charge >= 0.3 is 5.97 Å². The summed E-state index contributed by atoms with van der Waals surface area (Å²) in [4.78, 5) is 41.2. The third-order valence-corrected chi connectivity index (χ3v) is 7.97. The van der Waals surface area contributed by atoms with Crippen LogP contribution in [-0.2, 0) is 20.9 Å². The fourth-order valence-electron chi connectivity index (χ4n) is 5.47. The number of piperidine rings is 1. The Morgan fingerprint density at radius 2 is 1.71 bits per heavy atom. The number of nitrogens with one attached hydrogen (secondary N) is 1. The molecule has 0 bridgehead atoms. The third kappa shape index (κ3) is 8.08. The summed E-state index contributed by atoms with van der Waals surface area (Å²) in [5.74, 6) is 1.60. The van der Waals surface area contributed by atoms with E-state index in [0.29, 0.717) is 58.7 Å². The Kier molecular flexibility index (Phi) is 9.76. The number of halogens is 2. The minimum atomic E-state index is -0.152. The van der Waals surface area contributed by atoms with Crippen LogP contribution < -0.4 is 15.0 Å². The van der Waals surface area contributed by atoms with Gasteiger partial charge in [0.15, 0.2) is 5.75 Å². The minimum absolute atomic E-state index is 0.0382. The van der Waals surface area contributed by atoms with E-state index in [4.69, 9.17) is 37.7 Å². The van der Waals surface area contributed by atoms with E-state index in [2.05, 4.69) is 20.2 Å². The molecular weight excluding hydrogens is 579 g/mol. The summed E-state index contributed by atoms with van der Waals surface area (Å²) in [7, 11) is 1.43. The monoisotopic (exact) mass is 612 g/mol. The molecule has 2 aliphatic rings. The van der Waals surface area contributed by atoms with Crippen LogP contribution in [0.4, 0.5) is 5.95 Å². The Balaban J connectivity index is 1.31. The molecule has 2 aliphatic heterocycles. The molecule has 2 saturated heterocycles. The van der Waals surface area contributed by atoms with E-state index in [1.54, 1.807) is 18.5 Å². The largest absolute Gasteiger partial charge is 0.469 e. The number of hydrogen-bond donors (Lipinski definition) is 1. The lowest BCUT2D eigenvalue weighted by molar-refractivity contribution is -0.142. The predicted octanol–water partition coefficient (Wildman–Crippen LogP) is 5.13. The summed E-state index contributed by atoms with van der Waals surface area (Å²) in [6.45, 7) is 5.41. The predicted molar refractivity (Wildman–Crippen MR) is 161 cm³/mol. The molecule has 222 valence electrons. The van der Waals surface area contributed by atoms with Crippen LogP contribution in [0.2, 0.25) is 10.0 Å². The van der Waals surface area contributed by atoms with Gasteiger partial charge in [-0.1, -0.05) is 23.2 Å². The maximum absolute atomic E-state index is 11.7. The summed E-state index contributed by atoms with van der Waals surface area (Å²) in [5.41, 5.74) is 2.49. The van der Waals surface area contributed by atoms with Crippen LogP contribution in [0.1, 0.15) is 38.2 Å². The Labute approximate surface area is 255 Å². The van der Waals surface area contributed by atoms with Crippen LogP contribution in [0.25, 0.3) is 11.3 Å². The van der Waals surface area contributed by atoms with Crippen molar-refractivity contribution < 1.29 is 19.1 Å². The van der Waals surface area contributed by atoms with Crippen molar-refractivity contribution in [1.82, 2.24) is 25.2 Å². The second kappa shape index (κ2) is 13.7. The van der Waals surface area contributed by atoms with Crippen molar-refractivity contribution in [3.8, 4) is 22.9 Å². The Hall–Kier alpha value is -3.47. The Morgan fingerprint density at radius 1 is 1.00 bits per heavy atom. The van der Waals surface area contributed by atoms with Crippen molar-refractivity contribution in [2.45, 2.75) is 45.2 Å². The number of amides is 1. The summed E-state index contributed by atoms with van der Waals surface area (Å²) >= 11 is 12.6. The number of methoxy groups -OCH3 is 1. The van der Waals surface area contributed by atoms with Gasteiger partial charge in [0, 0.05) is 60.7 Å². The summed E-state index contributed by atoms with van der Waals surface area (Å²) in [6, 6.07) is 9.36. The van der Waals surface area contributed by atoms with E-state index in [1.165, 1.54) is 14.0 Å². The number of ether oxygens (including phenoxy) is 2. The van der Waals surface area contributed by atoms with Crippen molar-refractivity contribution >= 4 is 41.0 Å². The number of rotatable bonds is 9. The number of anilines is 1. The summed E-state index contributed by atoms with van der Waals surface area (Å²) in [5, 5.41) is 3.99. The molecule has 1 aromatic carbocycles. The normalized spacial score (nSPS) is 17.7. The van der Waals surface area contributed by atoms with E-state index in [1.807, 2.05) is 29.2 Å². The fourth-order valence-corrected chi connectivity index (χ4v) is 6.00. The highest BCUT2D eigenvalue weighted by molar-refractivity contribution is 6.35. The lowest BCUT2D eigenvalue weighted by Gasteiger charge is -2.31. The van der Waals surface area contributed by atoms with E-state index >= 15 is 0 Å². The van der Waals surface area contributed by atoms with Gasteiger partial charge in [-0.05, 0) is 68.1 Å². The number of nitrogens with zero attached hydrogens (tertiary/aromatic N) is 5. The van der Waals surface area contributed by atoms with Gasteiger partial charge in [0.1, 0.15) is 0 Å². The van der Waals surface area contributed by atoms with Gasteiger partial charge in [-0.25, -0.2) is 15.0 Å². The topological polar surface area (TPSA) is 110 Å². The number of aromatic nitrogens is 3. The van der Waals surface area contributed by atoms with Crippen molar-refractivity contribution in [1.29, 1.82) is 0 Å². The zero-order chi connectivity index (χ0) is 29.6. The quantitative estimate of drug-likeness (QED) is 0.329. The Bertz CT molecular complexity index is 1400. The van der Waals surface area contributed by atoms with Gasteiger partial charge in [0.25, 0.3) is 0 Å². The standard InChI is InChI=1S/C30H34Cl2N6O4/c1-19(39)35-25-5-8-38(18-25)30-33-15-26(16-34-30)42-28-10-21(9-27(36-28)22-12-23(31)14-24(32)13-22)17-37-6-3-20(4-7-37)11-29(40)41-2/h9-10,12-16,20,25H,3-8,11,17-18H2,1-2H3,(H,35,39). The molecule has 2 fully saturated rings. The highest BCUT2D eigenvalue weighted by Crippen LogP contribution is 2.31. The molecule has 1 N–H and O–H groups in total. The molecule has 1 atom stereocenters. The minimum Gasteiger partial charge on any atom is -0.469 e. The van der Waals surface area contributed by atoms with Crippen molar-refractivity contribution in [2.24, 2.45) is 5.92 Å². The molecule has 10 nitrogen and oxygen atoms in total. The fraction of sp³-hybridized carbons (Fsp3) is 0.433. The summed E-state index contributed by atoms with van der Waals surface area (Å²) in [6.07, 6.45) is 6.44. The SMILES string of the molecule is COC(=O)CC1CCN(Cc2cc(Oc3cnc(N4CCC(NC(C)=O)C4)nc3)nc(-c3cc(Cl)cc(Cl)c3)c2)CC1. The number of esters is 1. The molecule has 1 unspecified atom stereocenters. The molecule has 3 aromatic rings. The number of carbonyl (C=O) groups is 2. The van der Waals surface area contributed by atoms with Crippen molar-refractivity contribution in [3.63, 3.8) is 0 Å². The molecule has 0 aliphatic carbocycles. The molecule has 4 heterocycles. The van der Waals surface area contributed by atoms with Crippen LogP contribution in [0.3, 0.4) is 0 Å². The molecule has 2 aromatic heterocycles. The van der Waals surface area contributed by atoms with E-state index < -0.39 is 0 Å². The van der Waals surface area contributed by atoms with Crippen molar-refractivity contribution in [3.05, 3.63) is 58.3 Å². The molecular formula is C30H34Cl2N6O4. The summed E-state index contributed by atoms with van der Waals surface area (Å²) < 4.78 is 11.0. The lowest BCUT2D eigenvalue weighted by atomic mass is 9.93. The van der Waals surface area contributed by atoms with Gasteiger partial charge in [-0.3, -0.25) is 14.5 Å². The van der Waals surface area contributed by atoms with Crippen LogP contribution >= 0.6 is 23.2 Å². The van der Waals surface area contributed by atoms with E-state index in [-0.39, 0.29) is 17.9 Å². The number of hydrogen-bond acceptors (Lipinski definition) is 9. The van der Waals surface area contributed by atoms with Gasteiger partial charge in [0.05, 0.1) is 25.2 Å². The van der Waals surface area contributed by atoms with Gasteiger partial charge in [-0.2, -0.15) is 0 Å². The van der Waals surface area contributed by atoms with E-state index in [0.717, 1.165) is 50.0 Å². The zero-order valence-electron chi connectivity index (χ0n) is 23.7. The van der Waals surface area contributed by atoms with E-state index in [9.17, 15) is 9.59 Å². The second-order valence-corrected chi connectivity index (χ2v) is 11.7. The molecule has 0 radical (unpaired) electrons. The van der Waals surface area contributed by atoms with Gasteiger partial charge in [-0.15, -0.1) is 0 Å². The number of carbonyl (C=O) groups excluding carboxylic acids is 2. The van der Waals surface area contributed by atoms with Crippen LogP contribution in [0.15, 0.2) is 42.7 Å².